The quantitative estimate of drug-likeness (QED) is 0.839. The Morgan fingerprint density at radius 2 is 2.12 bits per heavy atom. The lowest BCUT2D eigenvalue weighted by atomic mass is 10.1. The largest absolute Gasteiger partial charge is 0.317 e. The van der Waals surface area contributed by atoms with Crippen molar-refractivity contribution < 1.29 is 0 Å². The van der Waals surface area contributed by atoms with Gasteiger partial charge in [-0.15, -0.1) is 0 Å². The molecule has 17 heavy (non-hydrogen) atoms. The van der Waals surface area contributed by atoms with Gasteiger partial charge >= 0.3 is 0 Å². The highest BCUT2D eigenvalue weighted by Gasteiger charge is 2.26. The third-order valence-electron chi connectivity index (χ3n) is 3.83. The van der Waals surface area contributed by atoms with E-state index in [-0.39, 0.29) is 0 Å². The van der Waals surface area contributed by atoms with Crippen molar-refractivity contribution in [2.24, 2.45) is 5.92 Å². The van der Waals surface area contributed by atoms with E-state index in [0.29, 0.717) is 6.04 Å². The molecular weight excluding hydrogens is 208 g/mol. The van der Waals surface area contributed by atoms with E-state index in [1.54, 1.807) is 0 Å². The average Bonchev–Trinajstić information content (AvgIpc) is 2.85. The molecule has 1 aromatic rings. The molecule has 0 unspecified atom stereocenters. The topological polar surface area (TPSA) is 15.3 Å². The van der Waals surface area contributed by atoms with E-state index in [0.717, 1.165) is 12.5 Å². The maximum atomic E-state index is 3.46. The van der Waals surface area contributed by atoms with Crippen LogP contribution in [0.5, 0.6) is 0 Å². The summed E-state index contributed by atoms with van der Waals surface area (Å²) in [4.78, 5) is 2.61. The summed E-state index contributed by atoms with van der Waals surface area (Å²) < 4.78 is 0. The van der Waals surface area contributed by atoms with E-state index >= 15 is 0 Å². The minimum Gasteiger partial charge on any atom is -0.317 e. The van der Waals surface area contributed by atoms with E-state index in [2.05, 4.69) is 54.4 Å². The van der Waals surface area contributed by atoms with Gasteiger partial charge in [0.1, 0.15) is 0 Å². The number of rotatable bonds is 5. The monoisotopic (exact) mass is 232 g/mol. The highest BCUT2D eigenvalue weighted by atomic mass is 15.2. The van der Waals surface area contributed by atoms with Gasteiger partial charge in [-0.05, 0) is 44.5 Å². The van der Waals surface area contributed by atoms with Crippen LogP contribution in [0.4, 0.5) is 0 Å². The van der Waals surface area contributed by atoms with Crippen molar-refractivity contribution in [2.45, 2.75) is 26.3 Å². The molecule has 1 heterocycles. The van der Waals surface area contributed by atoms with Crippen molar-refractivity contribution in [1.29, 1.82) is 0 Å². The first-order chi connectivity index (χ1) is 8.31. The summed E-state index contributed by atoms with van der Waals surface area (Å²) in [5.41, 5.74) is 1.44. The van der Waals surface area contributed by atoms with E-state index in [1.165, 1.54) is 31.6 Å². The van der Waals surface area contributed by atoms with Crippen LogP contribution in [-0.2, 0) is 0 Å². The normalized spacial score (nSPS) is 22.8. The van der Waals surface area contributed by atoms with Crippen molar-refractivity contribution in [3.8, 4) is 0 Å². The predicted octanol–water partition coefficient (Wildman–Crippen LogP) is 2.68. The van der Waals surface area contributed by atoms with Crippen LogP contribution in [0, 0.1) is 5.92 Å². The second-order valence-corrected chi connectivity index (χ2v) is 5.04. The molecule has 0 bridgehead atoms. The zero-order valence-corrected chi connectivity index (χ0v) is 11.0. The van der Waals surface area contributed by atoms with Crippen LogP contribution in [0.25, 0.3) is 0 Å². The van der Waals surface area contributed by atoms with Gasteiger partial charge in [-0.3, -0.25) is 4.90 Å². The molecule has 1 N–H and O–H groups in total. The number of likely N-dealkylation sites (tertiary alicyclic amines) is 1. The van der Waals surface area contributed by atoms with Crippen LogP contribution < -0.4 is 5.32 Å². The molecule has 1 aliphatic rings. The molecule has 0 saturated carbocycles. The fourth-order valence-electron chi connectivity index (χ4n) is 2.67. The molecule has 0 aromatic heterocycles. The van der Waals surface area contributed by atoms with Crippen LogP contribution in [0.2, 0.25) is 0 Å². The van der Waals surface area contributed by atoms with Gasteiger partial charge in [0.05, 0.1) is 0 Å². The zero-order chi connectivity index (χ0) is 12.1. The fraction of sp³-hybridized carbons (Fsp3) is 0.600. The lowest BCUT2D eigenvalue weighted by molar-refractivity contribution is 0.252. The highest BCUT2D eigenvalue weighted by molar-refractivity contribution is 5.18. The molecule has 1 aromatic carbocycles. The highest BCUT2D eigenvalue weighted by Crippen LogP contribution is 2.26. The second-order valence-electron chi connectivity index (χ2n) is 5.04. The molecule has 1 aliphatic heterocycles. The Morgan fingerprint density at radius 1 is 1.35 bits per heavy atom. The molecule has 0 spiro atoms. The van der Waals surface area contributed by atoms with Gasteiger partial charge in [-0.1, -0.05) is 37.3 Å². The molecule has 0 amide bonds. The van der Waals surface area contributed by atoms with Gasteiger partial charge in [-0.2, -0.15) is 0 Å². The summed E-state index contributed by atoms with van der Waals surface area (Å²) >= 11 is 0. The third kappa shape index (κ3) is 3.30. The minimum absolute atomic E-state index is 0.558. The van der Waals surface area contributed by atoms with Gasteiger partial charge in [0, 0.05) is 12.6 Å². The van der Waals surface area contributed by atoms with Crippen molar-refractivity contribution in [3.05, 3.63) is 35.9 Å². The Hall–Kier alpha value is -0.860. The van der Waals surface area contributed by atoms with Crippen molar-refractivity contribution in [1.82, 2.24) is 10.2 Å². The second kappa shape index (κ2) is 6.18. The maximum absolute atomic E-state index is 3.46. The summed E-state index contributed by atoms with van der Waals surface area (Å²) in [5.74, 6) is 0.834. The number of hydrogen-bond donors (Lipinski definition) is 1. The maximum Gasteiger partial charge on any atom is 0.0320 e. The van der Waals surface area contributed by atoms with Crippen LogP contribution in [0.3, 0.4) is 0 Å². The number of nitrogens with zero attached hydrogens (tertiary/aromatic N) is 1. The van der Waals surface area contributed by atoms with Gasteiger partial charge in [0.25, 0.3) is 0 Å². The van der Waals surface area contributed by atoms with E-state index in [1.807, 2.05) is 0 Å². The number of hydrogen-bond acceptors (Lipinski definition) is 2. The summed E-state index contributed by atoms with van der Waals surface area (Å²) in [6.45, 7) is 9.25. The van der Waals surface area contributed by atoms with Crippen molar-refractivity contribution in [2.75, 3.05) is 26.2 Å². The Labute approximate surface area is 105 Å². The van der Waals surface area contributed by atoms with E-state index in [4.69, 9.17) is 0 Å². The van der Waals surface area contributed by atoms with Crippen LogP contribution in [-0.4, -0.2) is 31.1 Å². The summed E-state index contributed by atoms with van der Waals surface area (Å²) in [5, 5.41) is 3.46. The molecule has 2 atom stereocenters. The van der Waals surface area contributed by atoms with Gasteiger partial charge < -0.3 is 5.32 Å². The number of nitrogens with one attached hydrogen (secondary N) is 1. The standard InChI is InChI=1S/C15H24N2/c1-3-16-11-14-9-10-17(12-14)13(2)15-7-5-4-6-8-15/h4-8,13-14,16H,3,9-12H2,1-2H3/t13-,14-/m1/s1. The first kappa shape index (κ1) is 12.6. The molecule has 94 valence electrons. The smallest absolute Gasteiger partial charge is 0.0320 e. The Balaban J connectivity index is 1.88. The van der Waals surface area contributed by atoms with Crippen LogP contribution in [0.1, 0.15) is 31.9 Å². The first-order valence-electron chi connectivity index (χ1n) is 6.81. The third-order valence-corrected chi connectivity index (χ3v) is 3.83. The SMILES string of the molecule is CCNC[C@H]1CCN([C@H](C)c2ccccc2)C1. The number of benzene rings is 1. The lowest BCUT2D eigenvalue weighted by Gasteiger charge is -2.24. The molecule has 1 saturated heterocycles. The van der Waals surface area contributed by atoms with Crippen molar-refractivity contribution in [3.63, 3.8) is 0 Å². The summed E-state index contributed by atoms with van der Waals surface area (Å²) in [7, 11) is 0. The Kier molecular flexibility index (Phi) is 4.57. The molecule has 2 rings (SSSR count). The van der Waals surface area contributed by atoms with Crippen LogP contribution >= 0.6 is 0 Å². The first-order valence-corrected chi connectivity index (χ1v) is 6.81. The van der Waals surface area contributed by atoms with Gasteiger partial charge in [0.2, 0.25) is 0 Å². The molecule has 0 radical (unpaired) electrons. The zero-order valence-electron chi connectivity index (χ0n) is 11.0. The predicted molar refractivity (Wildman–Crippen MR) is 73.1 cm³/mol. The van der Waals surface area contributed by atoms with Gasteiger partial charge in [0.15, 0.2) is 0 Å². The molecule has 2 nitrogen and oxygen atoms in total. The summed E-state index contributed by atoms with van der Waals surface area (Å²) in [6, 6.07) is 11.4. The molecule has 0 aliphatic carbocycles. The average molecular weight is 232 g/mol. The van der Waals surface area contributed by atoms with E-state index in [9.17, 15) is 0 Å². The van der Waals surface area contributed by atoms with E-state index < -0.39 is 0 Å². The van der Waals surface area contributed by atoms with Gasteiger partial charge in [-0.25, -0.2) is 0 Å². The Morgan fingerprint density at radius 3 is 2.82 bits per heavy atom. The summed E-state index contributed by atoms with van der Waals surface area (Å²) in [6.07, 6.45) is 1.34. The molecule has 2 heteroatoms. The lowest BCUT2D eigenvalue weighted by Crippen LogP contribution is -2.28. The molecular formula is C15H24N2. The fourth-order valence-corrected chi connectivity index (χ4v) is 2.67. The minimum atomic E-state index is 0.558. The van der Waals surface area contributed by atoms with Crippen LogP contribution in [0.15, 0.2) is 30.3 Å². The van der Waals surface area contributed by atoms with Crippen molar-refractivity contribution >= 4 is 0 Å². The Bertz CT molecular complexity index is 323. The molecule has 1 fully saturated rings.